The molecule has 0 amide bonds. The molecule has 2 aromatic carbocycles. The van der Waals surface area contributed by atoms with Gasteiger partial charge in [0.1, 0.15) is 11.3 Å². The Morgan fingerprint density at radius 1 is 1.14 bits per heavy atom. The summed E-state index contributed by atoms with van der Waals surface area (Å²) in [6.07, 6.45) is 0. The minimum absolute atomic E-state index is 0.0258. The van der Waals surface area contributed by atoms with E-state index in [0.29, 0.717) is 39.3 Å². The first-order valence-electron chi connectivity index (χ1n) is 10.5. The number of halogens is 1. The molecule has 0 aliphatic carbocycles. The van der Waals surface area contributed by atoms with E-state index in [1.54, 1.807) is 31.2 Å². The number of esters is 1. The molecule has 1 heterocycles. The fraction of sp³-hybridized carbons (Fsp3) is 0.280. The van der Waals surface area contributed by atoms with Crippen molar-refractivity contribution in [1.29, 1.82) is 5.26 Å². The molecule has 1 aliphatic rings. The molecule has 1 atom stereocenters. The van der Waals surface area contributed by atoms with Crippen LogP contribution in [0.4, 0.5) is 0 Å². The topological polar surface area (TPSA) is 113 Å². The average Bonchev–Trinajstić information content (AvgIpc) is 2.86. The van der Waals surface area contributed by atoms with Crippen LogP contribution >= 0.6 is 23.4 Å². The van der Waals surface area contributed by atoms with Crippen LogP contribution in [-0.4, -0.2) is 39.7 Å². The first kappa shape index (κ1) is 26.1. The van der Waals surface area contributed by atoms with Crippen LogP contribution in [-0.2, 0) is 14.3 Å². The molecule has 2 N–H and O–H groups in total. The van der Waals surface area contributed by atoms with Gasteiger partial charge >= 0.3 is 5.97 Å². The van der Waals surface area contributed by atoms with E-state index in [-0.39, 0.29) is 23.6 Å². The highest BCUT2D eigenvalue weighted by Gasteiger charge is 2.38. The third-order valence-corrected chi connectivity index (χ3v) is 6.46. The van der Waals surface area contributed by atoms with Crippen molar-refractivity contribution in [3.05, 3.63) is 69.8 Å². The van der Waals surface area contributed by atoms with E-state index in [4.69, 9.17) is 41.0 Å². The van der Waals surface area contributed by atoms with Gasteiger partial charge in [-0.15, -0.1) is 11.8 Å². The van der Waals surface area contributed by atoms with E-state index in [2.05, 4.69) is 6.07 Å². The van der Waals surface area contributed by atoms with E-state index in [0.717, 1.165) is 4.90 Å². The van der Waals surface area contributed by atoms with Crippen molar-refractivity contribution in [2.45, 2.75) is 17.7 Å². The molecule has 8 nitrogen and oxygen atoms in total. The van der Waals surface area contributed by atoms with Crippen LogP contribution in [0.1, 0.15) is 18.4 Å². The summed E-state index contributed by atoms with van der Waals surface area (Å²) in [5.41, 5.74) is 7.00. The maximum absolute atomic E-state index is 12.9. The summed E-state index contributed by atoms with van der Waals surface area (Å²) >= 11 is 7.41. The normalized spacial score (nSPS) is 15.3. The molecule has 1 aliphatic heterocycles. The molecule has 3 rings (SSSR count). The van der Waals surface area contributed by atoms with Gasteiger partial charge in [-0.05, 0) is 48.9 Å². The highest BCUT2D eigenvalue weighted by atomic mass is 35.5. The lowest BCUT2D eigenvalue weighted by atomic mass is 9.83. The van der Waals surface area contributed by atoms with Crippen LogP contribution in [0, 0.1) is 11.3 Å². The molecule has 2 aromatic rings. The number of nitrogens with two attached hydrogens (primary N) is 1. The predicted octanol–water partition coefficient (Wildman–Crippen LogP) is 4.78. The van der Waals surface area contributed by atoms with Gasteiger partial charge in [0.2, 0.25) is 11.6 Å². The third kappa shape index (κ3) is 5.61. The van der Waals surface area contributed by atoms with Crippen molar-refractivity contribution >= 4 is 29.3 Å². The number of allylic oxidation sites excluding steroid dienone is 1. The van der Waals surface area contributed by atoms with Gasteiger partial charge < -0.3 is 29.4 Å². The van der Waals surface area contributed by atoms with Crippen LogP contribution in [0.25, 0.3) is 0 Å². The number of ether oxygens (including phenoxy) is 5. The third-order valence-electron chi connectivity index (χ3n) is 5.20. The Hall–Kier alpha value is -3.48. The molecule has 0 bridgehead atoms. The van der Waals surface area contributed by atoms with Crippen LogP contribution in [0.2, 0.25) is 5.02 Å². The molecule has 0 radical (unpaired) electrons. The van der Waals surface area contributed by atoms with Gasteiger partial charge in [-0.2, -0.15) is 5.26 Å². The fourth-order valence-electron chi connectivity index (χ4n) is 3.63. The molecular formula is C25H25ClN2O6S. The zero-order valence-corrected chi connectivity index (χ0v) is 21.3. The van der Waals surface area contributed by atoms with Crippen LogP contribution in [0.15, 0.2) is 64.1 Å². The Labute approximate surface area is 213 Å². The Morgan fingerprint density at radius 3 is 2.29 bits per heavy atom. The first-order chi connectivity index (χ1) is 16.9. The number of carbonyl (C=O) groups is 1. The minimum atomic E-state index is -0.873. The maximum Gasteiger partial charge on any atom is 0.340 e. The van der Waals surface area contributed by atoms with E-state index in [9.17, 15) is 10.1 Å². The second kappa shape index (κ2) is 11.8. The summed E-state index contributed by atoms with van der Waals surface area (Å²) in [4.78, 5) is 13.8. The smallest absolute Gasteiger partial charge is 0.340 e. The SMILES string of the molecule is CCOC(=O)C1=C(N)OC(CSc2ccc(Cl)cc2)=C(C#N)[C@@H]1c1cc(OC)c(OC)c(OC)c1. The van der Waals surface area contributed by atoms with Gasteiger partial charge in [0, 0.05) is 9.92 Å². The van der Waals surface area contributed by atoms with E-state index < -0.39 is 11.9 Å². The van der Waals surface area contributed by atoms with Gasteiger partial charge in [0.05, 0.1) is 51.2 Å². The fourth-order valence-corrected chi connectivity index (χ4v) is 4.60. The van der Waals surface area contributed by atoms with Crippen molar-refractivity contribution in [2.24, 2.45) is 5.73 Å². The predicted molar refractivity (Wildman–Crippen MR) is 133 cm³/mol. The maximum atomic E-state index is 12.9. The second-order valence-electron chi connectivity index (χ2n) is 7.18. The lowest BCUT2D eigenvalue weighted by Crippen LogP contribution is -2.27. The summed E-state index contributed by atoms with van der Waals surface area (Å²) in [5.74, 6) is 0.0470. The van der Waals surface area contributed by atoms with Crippen molar-refractivity contribution in [2.75, 3.05) is 33.7 Å². The Balaban J connectivity index is 2.14. The number of benzene rings is 2. The quantitative estimate of drug-likeness (QED) is 0.371. The number of methoxy groups -OCH3 is 3. The largest absolute Gasteiger partial charge is 0.493 e. The van der Waals surface area contributed by atoms with Crippen LogP contribution in [0.3, 0.4) is 0 Å². The van der Waals surface area contributed by atoms with Crippen LogP contribution < -0.4 is 19.9 Å². The van der Waals surface area contributed by atoms with Gasteiger partial charge in [0.25, 0.3) is 0 Å². The first-order valence-corrected chi connectivity index (χ1v) is 11.9. The Bertz CT molecular complexity index is 1180. The lowest BCUT2D eigenvalue weighted by molar-refractivity contribution is -0.139. The van der Waals surface area contributed by atoms with Crippen molar-refractivity contribution in [1.82, 2.24) is 0 Å². The Morgan fingerprint density at radius 2 is 1.77 bits per heavy atom. The summed E-state index contributed by atoms with van der Waals surface area (Å²) in [6, 6.07) is 12.8. The molecule has 0 spiro atoms. The minimum Gasteiger partial charge on any atom is -0.493 e. The van der Waals surface area contributed by atoms with Gasteiger partial charge in [-0.1, -0.05) is 11.6 Å². The molecule has 0 aromatic heterocycles. The van der Waals surface area contributed by atoms with Crippen molar-refractivity contribution < 1.29 is 28.5 Å². The number of nitriles is 1. The molecule has 184 valence electrons. The number of thioether (sulfide) groups is 1. The molecule has 10 heteroatoms. The molecule has 0 fully saturated rings. The van der Waals surface area contributed by atoms with Gasteiger partial charge in [-0.3, -0.25) is 0 Å². The second-order valence-corrected chi connectivity index (χ2v) is 8.67. The number of carbonyl (C=O) groups excluding carboxylic acids is 1. The number of hydrogen-bond acceptors (Lipinski definition) is 9. The summed E-state index contributed by atoms with van der Waals surface area (Å²) in [6.45, 7) is 1.81. The van der Waals surface area contributed by atoms with E-state index in [1.807, 2.05) is 12.1 Å². The Kier molecular flexibility index (Phi) is 8.79. The highest BCUT2D eigenvalue weighted by Crippen LogP contribution is 2.46. The number of hydrogen-bond donors (Lipinski definition) is 1. The summed E-state index contributed by atoms with van der Waals surface area (Å²) < 4.78 is 27.4. The summed E-state index contributed by atoms with van der Waals surface area (Å²) in [5, 5.41) is 10.8. The van der Waals surface area contributed by atoms with E-state index >= 15 is 0 Å². The molecule has 0 saturated carbocycles. The number of rotatable bonds is 9. The molecule has 0 saturated heterocycles. The molecule has 35 heavy (non-hydrogen) atoms. The zero-order chi connectivity index (χ0) is 25.5. The molecule has 0 unspecified atom stereocenters. The standard InChI is InChI=1S/C25H25ClN2O6S/c1-5-33-25(29)22-21(14-10-18(30-2)23(32-4)19(11-14)31-3)17(12-27)20(34-24(22)28)13-35-16-8-6-15(26)7-9-16/h6-11,21H,5,13,28H2,1-4H3/t21-/m0/s1. The van der Waals surface area contributed by atoms with Gasteiger partial charge in [-0.25, -0.2) is 4.79 Å². The highest BCUT2D eigenvalue weighted by molar-refractivity contribution is 7.99. The zero-order valence-electron chi connectivity index (χ0n) is 19.7. The average molecular weight is 517 g/mol. The van der Waals surface area contributed by atoms with Crippen molar-refractivity contribution in [3.8, 4) is 23.3 Å². The molecular weight excluding hydrogens is 492 g/mol. The van der Waals surface area contributed by atoms with Crippen LogP contribution in [0.5, 0.6) is 17.2 Å². The van der Waals surface area contributed by atoms with Gasteiger partial charge in [0.15, 0.2) is 11.5 Å². The lowest BCUT2D eigenvalue weighted by Gasteiger charge is -2.28. The van der Waals surface area contributed by atoms with Crippen molar-refractivity contribution in [3.63, 3.8) is 0 Å². The summed E-state index contributed by atoms with van der Waals surface area (Å²) in [7, 11) is 4.45. The van der Waals surface area contributed by atoms with E-state index in [1.165, 1.54) is 33.1 Å². The number of nitrogens with zero attached hydrogens (tertiary/aromatic N) is 1. The monoisotopic (exact) mass is 516 g/mol.